The summed E-state index contributed by atoms with van der Waals surface area (Å²) in [5.41, 5.74) is 0.744. The maximum absolute atomic E-state index is 11.7. The lowest BCUT2D eigenvalue weighted by Gasteiger charge is -2.09. The summed E-state index contributed by atoms with van der Waals surface area (Å²) in [4.78, 5) is 12.1. The highest BCUT2D eigenvalue weighted by molar-refractivity contribution is 14.1. The molecule has 1 atom stereocenters. The molecule has 0 fully saturated rings. The van der Waals surface area contributed by atoms with E-state index in [1.807, 2.05) is 24.3 Å². The van der Waals surface area contributed by atoms with Crippen molar-refractivity contribution in [2.24, 2.45) is 0 Å². The summed E-state index contributed by atoms with van der Waals surface area (Å²) < 4.78 is 0.982. The predicted octanol–water partition coefficient (Wildman–Crippen LogP) is 3.19. The van der Waals surface area contributed by atoms with E-state index in [0.717, 1.165) is 15.6 Å². The number of carbonyl (C=O) groups excluding carboxylic acids is 1. The molecule has 1 N–H and O–H groups in total. The van der Waals surface area contributed by atoms with Crippen molar-refractivity contribution < 1.29 is 4.79 Å². The Morgan fingerprint density at radius 1 is 1.53 bits per heavy atom. The smallest absolute Gasteiger partial charge is 0.252 e. The van der Waals surface area contributed by atoms with Gasteiger partial charge in [0.05, 0.1) is 5.56 Å². The van der Waals surface area contributed by atoms with E-state index in [-0.39, 0.29) is 5.91 Å². The molecule has 0 aliphatic carbocycles. The van der Waals surface area contributed by atoms with Crippen LogP contribution in [0.5, 0.6) is 0 Å². The van der Waals surface area contributed by atoms with Crippen molar-refractivity contribution in [1.29, 1.82) is 0 Å². The Morgan fingerprint density at radius 3 is 2.80 bits per heavy atom. The first-order chi connectivity index (χ1) is 7.15. The topological polar surface area (TPSA) is 29.1 Å². The zero-order valence-corrected chi connectivity index (χ0v) is 12.2. The van der Waals surface area contributed by atoms with E-state index < -0.39 is 0 Å². The van der Waals surface area contributed by atoms with Crippen LogP contribution in [-0.2, 0) is 0 Å². The maximum atomic E-state index is 11.7. The number of hydrogen-bond acceptors (Lipinski definition) is 1. The Bertz CT molecular complexity index is 343. The molecule has 0 saturated heterocycles. The molecule has 2 nitrogen and oxygen atoms in total. The van der Waals surface area contributed by atoms with Crippen molar-refractivity contribution in [3.63, 3.8) is 0 Å². The van der Waals surface area contributed by atoms with Gasteiger partial charge < -0.3 is 5.32 Å². The van der Waals surface area contributed by atoms with E-state index >= 15 is 0 Å². The van der Waals surface area contributed by atoms with Gasteiger partial charge in [-0.05, 0) is 41.1 Å². The summed E-state index contributed by atoms with van der Waals surface area (Å²) in [7, 11) is 0. The first-order valence-corrected chi connectivity index (χ1v) is 6.81. The third-order valence-corrected chi connectivity index (χ3v) is 3.96. The number of halogens is 2. The van der Waals surface area contributed by atoms with Crippen LogP contribution in [-0.4, -0.2) is 17.3 Å². The molecule has 0 spiro atoms. The Labute approximate surface area is 112 Å². The quantitative estimate of drug-likeness (QED) is 0.629. The number of rotatable bonds is 4. The molecule has 15 heavy (non-hydrogen) atoms. The molecule has 0 aromatic heterocycles. The molecule has 82 valence electrons. The summed E-state index contributed by atoms with van der Waals surface area (Å²) in [6.45, 7) is 2.75. The van der Waals surface area contributed by atoms with Crippen molar-refractivity contribution in [3.8, 4) is 0 Å². The Hall–Kier alpha value is -0.100. The van der Waals surface area contributed by atoms with Crippen LogP contribution in [0.4, 0.5) is 0 Å². The fraction of sp³-hybridized carbons (Fsp3) is 0.364. The van der Waals surface area contributed by atoms with Crippen LogP contribution in [0.1, 0.15) is 23.7 Å². The van der Waals surface area contributed by atoms with Crippen molar-refractivity contribution in [2.75, 3.05) is 6.54 Å². The fourth-order valence-corrected chi connectivity index (χ4v) is 1.88. The number of hydrogen-bond donors (Lipinski definition) is 1. The third-order valence-electron chi connectivity index (χ3n) is 2.05. The lowest BCUT2D eigenvalue weighted by Crippen LogP contribution is -2.29. The zero-order valence-electron chi connectivity index (χ0n) is 8.47. The molecule has 1 aromatic carbocycles. The third kappa shape index (κ3) is 4.10. The van der Waals surface area contributed by atoms with Gasteiger partial charge in [0.2, 0.25) is 0 Å². The summed E-state index contributed by atoms with van der Waals surface area (Å²) >= 11 is 5.65. The minimum Gasteiger partial charge on any atom is -0.351 e. The van der Waals surface area contributed by atoms with Gasteiger partial charge >= 0.3 is 0 Å². The Morgan fingerprint density at radius 2 is 2.20 bits per heavy atom. The molecule has 1 unspecified atom stereocenters. The van der Waals surface area contributed by atoms with Crippen molar-refractivity contribution in [1.82, 2.24) is 5.32 Å². The summed E-state index contributed by atoms with van der Waals surface area (Å²) in [5, 5.41) is 2.90. The highest BCUT2D eigenvalue weighted by Gasteiger charge is 2.09. The summed E-state index contributed by atoms with van der Waals surface area (Å²) in [5.74, 6) is -0.00194. The second kappa shape index (κ2) is 6.48. The SMILES string of the molecule is CCC(Br)CNC(=O)c1ccccc1I. The van der Waals surface area contributed by atoms with Gasteiger partial charge in [-0.1, -0.05) is 35.0 Å². The molecule has 4 heteroatoms. The van der Waals surface area contributed by atoms with Gasteiger partial charge in [-0.2, -0.15) is 0 Å². The second-order valence-corrected chi connectivity index (χ2v) is 5.65. The molecular weight excluding hydrogens is 369 g/mol. The second-order valence-electron chi connectivity index (χ2n) is 3.20. The summed E-state index contributed by atoms with van der Waals surface area (Å²) in [6.07, 6.45) is 1.01. The van der Waals surface area contributed by atoms with Gasteiger partial charge in [-0.15, -0.1) is 0 Å². The average Bonchev–Trinajstić information content (AvgIpc) is 2.26. The minimum absolute atomic E-state index is 0.00194. The number of amides is 1. The Balaban J connectivity index is 2.58. The molecule has 1 aromatic rings. The number of nitrogens with one attached hydrogen (secondary N) is 1. The largest absolute Gasteiger partial charge is 0.351 e. The molecule has 0 heterocycles. The van der Waals surface area contributed by atoms with Crippen LogP contribution in [0.2, 0.25) is 0 Å². The van der Waals surface area contributed by atoms with Crippen molar-refractivity contribution >= 4 is 44.4 Å². The standard InChI is InChI=1S/C11H13BrINO/c1-2-8(12)7-14-11(15)9-5-3-4-6-10(9)13/h3-6,8H,2,7H2,1H3,(H,14,15). The molecule has 0 bridgehead atoms. The van der Waals surface area contributed by atoms with E-state index in [9.17, 15) is 4.79 Å². The lowest BCUT2D eigenvalue weighted by molar-refractivity contribution is 0.0953. The minimum atomic E-state index is -0.00194. The van der Waals surface area contributed by atoms with E-state index in [2.05, 4.69) is 50.8 Å². The van der Waals surface area contributed by atoms with Gasteiger partial charge in [0.15, 0.2) is 0 Å². The molecule has 0 radical (unpaired) electrons. The van der Waals surface area contributed by atoms with Crippen LogP contribution in [0.15, 0.2) is 24.3 Å². The maximum Gasteiger partial charge on any atom is 0.252 e. The van der Waals surface area contributed by atoms with Crippen LogP contribution < -0.4 is 5.32 Å². The summed E-state index contributed by atoms with van der Waals surface area (Å²) in [6, 6.07) is 7.58. The van der Waals surface area contributed by atoms with Gasteiger partial charge in [-0.3, -0.25) is 4.79 Å². The van der Waals surface area contributed by atoms with Crippen LogP contribution >= 0.6 is 38.5 Å². The van der Waals surface area contributed by atoms with E-state index in [1.165, 1.54) is 0 Å². The molecular formula is C11H13BrINO. The van der Waals surface area contributed by atoms with Gasteiger partial charge in [-0.25, -0.2) is 0 Å². The van der Waals surface area contributed by atoms with Crippen LogP contribution in [0.25, 0.3) is 0 Å². The monoisotopic (exact) mass is 381 g/mol. The highest BCUT2D eigenvalue weighted by atomic mass is 127. The number of benzene rings is 1. The normalized spacial score (nSPS) is 12.2. The van der Waals surface area contributed by atoms with Gasteiger partial charge in [0.1, 0.15) is 0 Å². The van der Waals surface area contributed by atoms with Crippen molar-refractivity contribution in [2.45, 2.75) is 18.2 Å². The van der Waals surface area contributed by atoms with E-state index in [4.69, 9.17) is 0 Å². The van der Waals surface area contributed by atoms with Gasteiger partial charge in [0.25, 0.3) is 5.91 Å². The van der Waals surface area contributed by atoms with E-state index in [1.54, 1.807) is 0 Å². The Kier molecular flexibility index (Phi) is 5.60. The average molecular weight is 382 g/mol. The highest BCUT2D eigenvalue weighted by Crippen LogP contribution is 2.11. The zero-order chi connectivity index (χ0) is 11.3. The lowest BCUT2D eigenvalue weighted by atomic mass is 10.2. The van der Waals surface area contributed by atoms with Crippen LogP contribution in [0.3, 0.4) is 0 Å². The molecule has 1 amide bonds. The first kappa shape index (κ1) is 13.0. The fourth-order valence-electron chi connectivity index (χ4n) is 1.09. The number of alkyl halides is 1. The molecule has 1 rings (SSSR count). The molecule has 0 aliphatic heterocycles. The van der Waals surface area contributed by atoms with Gasteiger partial charge in [0, 0.05) is 14.9 Å². The molecule has 0 saturated carbocycles. The first-order valence-electron chi connectivity index (χ1n) is 4.82. The molecule has 0 aliphatic rings. The number of carbonyl (C=O) groups is 1. The van der Waals surface area contributed by atoms with Crippen molar-refractivity contribution in [3.05, 3.63) is 33.4 Å². The van der Waals surface area contributed by atoms with E-state index in [0.29, 0.717) is 11.4 Å². The predicted molar refractivity (Wildman–Crippen MR) is 74.5 cm³/mol. The van der Waals surface area contributed by atoms with Crippen LogP contribution in [0, 0.1) is 3.57 Å².